The SMILES string of the molecule is CC(C)S(=O)(=O)NCC1CCC(Nc2nc(-c3cc(F)ccc3F)no2)CC1. The third-order valence-corrected chi connectivity index (χ3v) is 6.77. The third-order valence-electron chi connectivity index (χ3n) is 4.96. The van der Waals surface area contributed by atoms with Gasteiger partial charge in [0.1, 0.15) is 11.6 Å². The lowest BCUT2D eigenvalue weighted by Gasteiger charge is -2.28. The van der Waals surface area contributed by atoms with Crippen molar-refractivity contribution in [1.29, 1.82) is 0 Å². The summed E-state index contributed by atoms with van der Waals surface area (Å²) in [6.45, 7) is 3.74. The maximum atomic E-state index is 13.8. The highest BCUT2D eigenvalue weighted by Gasteiger charge is 2.25. The highest BCUT2D eigenvalue weighted by molar-refractivity contribution is 7.90. The van der Waals surface area contributed by atoms with Gasteiger partial charge < -0.3 is 9.84 Å². The molecule has 1 heterocycles. The van der Waals surface area contributed by atoms with Crippen molar-refractivity contribution in [3.05, 3.63) is 29.8 Å². The smallest absolute Gasteiger partial charge is 0.322 e. The minimum Gasteiger partial charge on any atom is -0.335 e. The van der Waals surface area contributed by atoms with E-state index in [0.717, 1.165) is 43.9 Å². The van der Waals surface area contributed by atoms with Crippen LogP contribution < -0.4 is 10.0 Å². The highest BCUT2D eigenvalue weighted by atomic mass is 32.2. The molecule has 0 spiro atoms. The van der Waals surface area contributed by atoms with Gasteiger partial charge in [0.25, 0.3) is 0 Å². The zero-order valence-electron chi connectivity index (χ0n) is 15.8. The van der Waals surface area contributed by atoms with E-state index in [0.29, 0.717) is 6.54 Å². The molecule has 2 N–H and O–H groups in total. The molecule has 3 rings (SSSR count). The maximum absolute atomic E-state index is 13.8. The van der Waals surface area contributed by atoms with Gasteiger partial charge in [-0.2, -0.15) is 4.98 Å². The monoisotopic (exact) mass is 414 g/mol. The van der Waals surface area contributed by atoms with Crippen LogP contribution in [-0.2, 0) is 10.0 Å². The number of halogens is 2. The van der Waals surface area contributed by atoms with Crippen molar-refractivity contribution < 1.29 is 21.7 Å². The average Bonchev–Trinajstić information content (AvgIpc) is 3.11. The van der Waals surface area contributed by atoms with E-state index in [1.807, 2.05) is 0 Å². The molecule has 2 aromatic rings. The summed E-state index contributed by atoms with van der Waals surface area (Å²) in [6, 6.07) is 3.32. The minimum atomic E-state index is -3.25. The molecule has 1 aromatic carbocycles. The Morgan fingerprint density at radius 3 is 2.61 bits per heavy atom. The lowest BCUT2D eigenvalue weighted by molar-refractivity contribution is 0.330. The molecule has 0 unspecified atom stereocenters. The first-order chi connectivity index (χ1) is 13.2. The average molecular weight is 414 g/mol. The van der Waals surface area contributed by atoms with Crippen molar-refractivity contribution in [2.45, 2.75) is 50.8 Å². The van der Waals surface area contributed by atoms with Crippen LogP contribution in [0.25, 0.3) is 11.4 Å². The van der Waals surface area contributed by atoms with Crippen LogP contribution in [-0.4, -0.2) is 36.4 Å². The van der Waals surface area contributed by atoms with E-state index >= 15 is 0 Å². The topological polar surface area (TPSA) is 97.1 Å². The first-order valence-corrected chi connectivity index (χ1v) is 10.8. The van der Waals surface area contributed by atoms with Crippen LogP contribution in [0.3, 0.4) is 0 Å². The van der Waals surface area contributed by atoms with Crippen LogP contribution in [0, 0.1) is 17.6 Å². The molecule has 0 amide bonds. The Labute approximate surface area is 163 Å². The third kappa shape index (κ3) is 5.05. The van der Waals surface area contributed by atoms with Crippen molar-refractivity contribution in [3.63, 3.8) is 0 Å². The van der Waals surface area contributed by atoms with E-state index in [1.165, 1.54) is 0 Å². The Kier molecular flexibility index (Phi) is 6.29. The molecule has 1 aliphatic rings. The molecule has 0 radical (unpaired) electrons. The molecule has 1 saturated carbocycles. The summed E-state index contributed by atoms with van der Waals surface area (Å²) in [7, 11) is -3.25. The summed E-state index contributed by atoms with van der Waals surface area (Å²) in [5, 5.41) is 6.39. The molecule has 154 valence electrons. The fourth-order valence-electron chi connectivity index (χ4n) is 3.15. The number of nitrogens with zero attached hydrogens (tertiary/aromatic N) is 2. The Morgan fingerprint density at radius 2 is 1.93 bits per heavy atom. The number of sulfonamides is 1. The van der Waals surface area contributed by atoms with Gasteiger partial charge in [-0.1, -0.05) is 5.16 Å². The second kappa shape index (κ2) is 8.52. The second-order valence-electron chi connectivity index (χ2n) is 7.35. The van der Waals surface area contributed by atoms with Crippen LogP contribution >= 0.6 is 0 Å². The summed E-state index contributed by atoms with van der Waals surface area (Å²) in [6.07, 6.45) is 3.36. The quantitative estimate of drug-likeness (QED) is 0.721. The van der Waals surface area contributed by atoms with Gasteiger partial charge in [-0.15, -0.1) is 0 Å². The van der Waals surface area contributed by atoms with Crippen molar-refractivity contribution in [1.82, 2.24) is 14.9 Å². The predicted octanol–water partition coefficient (Wildman–Crippen LogP) is 3.31. The normalized spacial score (nSPS) is 20.5. The summed E-state index contributed by atoms with van der Waals surface area (Å²) < 4.78 is 58.6. The minimum absolute atomic E-state index is 0.0173. The molecule has 10 heteroatoms. The van der Waals surface area contributed by atoms with Crippen molar-refractivity contribution >= 4 is 16.0 Å². The molecule has 0 atom stereocenters. The van der Waals surface area contributed by atoms with E-state index in [9.17, 15) is 17.2 Å². The Bertz CT molecular complexity index is 909. The summed E-state index contributed by atoms with van der Waals surface area (Å²) in [4.78, 5) is 4.10. The highest BCUT2D eigenvalue weighted by Crippen LogP contribution is 2.27. The standard InChI is InChI=1S/C18H24F2N4O3S/c1-11(2)28(25,26)21-10-12-3-6-14(7-4-12)22-18-23-17(24-27-18)15-9-13(19)5-8-16(15)20/h5,8-9,11-12,14,21H,3-4,6-7,10H2,1-2H3,(H,22,23,24). The Hall–Kier alpha value is -2.07. The largest absolute Gasteiger partial charge is 0.335 e. The number of anilines is 1. The fraction of sp³-hybridized carbons (Fsp3) is 0.556. The maximum Gasteiger partial charge on any atom is 0.322 e. The number of aromatic nitrogens is 2. The zero-order valence-corrected chi connectivity index (χ0v) is 16.6. The molecule has 7 nitrogen and oxygen atoms in total. The molecule has 0 bridgehead atoms. The second-order valence-corrected chi connectivity index (χ2v) is 9.67. The van der Waals surface area contributed by atoms with Crippen LogP contribution in [0.15, 0.2) is 22.7 Å². The molecule has 0 saturated heterocycles. The first-order valence-electron chi connectivity index (χ1n) is 9.28. The van der Waals surface area contributed by atoms with Crippen molar-refractivity contribution in [2.24, 2.45) is 5.92 Å². The number of hydrogen-bond acceptors (Lipinski definition) is 6. The van der Waals surface area contributed by atoms with Crippen LogP contribution in [0.1, 0.15) is 39.5 Å². The zero-order chi connectivity index (χ0) is 20.3. The van der Waals surface area contributed by atoms with Gasteiger partial charge >= 0.3 is 6.01 Å². The van der Waals surface area contributed by atoms with Gasteiger partial charge in [-0.05, 0) is 63.6 Å². The van der Waals surface area contributed by atoms with Crippen LogP contribution in [0.5, 0.6) is 0 Å². The molecule has 28 heavy (non-hydrogen) atoms. The van der Waals surface area contributed by atoms with E-state index in [2.05, 4.69) is 20.2 Å². The summed E-state index contributed by atoms with van der Waals surface area (Å²) in [5.41, 5.74) is -0.0575. The van der Waals surface area contributed by atoms with Gasteiger partial charge in [0.05, 0.1) is 10.8 Å². The van der Waals surface area contributed by atoms with Crippen molar-refractivity contribution in [2.75, 3.05) is 11.9 Å². The fourth-order valence-corrected chi connectivity index (χ4v) is 3.95. The molecule has 0 aliphatic heterocycles. The molecular formula is C18H24F2N4O3S. The van der Waals surface area contributed by atoms with Gasteiger partial charge in [0, 0.05) is 12.6 Å². The Balaban J connectivity index is 1.52. The van der Waals surface area contributed by atoms with Gasteiger partial charge in [-0.25, -0.2) is 21.9 Å². The number of benzene rings is 1. The number of hydrogen-bond donors (Lipinski definition) is 2. The van der Waals surface area contributed by atoms with Crippen molar-refractivity contribution in [3.8, 4) is 11.4 Å². The predicted molar refractivity (Wildman–Crippen MR) is 101 cm³/mol. The van der Waals surface area contributed by atoms with Crippen LogP contribution in [0.2, 0.25) is 0 Å². The molecule has 1 aromatic heterocycles. The van der Waals surface area contributed by atoms with Gasteiger partial charge in [0.15, 0.2) is 0 Å². The number of nitrogens with one attached hydrogen (secondary N) is 2. The first kappa shape index (κ1) is 20.7. The van der Waals surface area contributed by atoms with E-state index < -0.39 is 26.9 Å². The van der Waals surface area contributed by atoms with E-state index in [-0.39, 0.29) is 29.4 Å². The van der Waals surface area contributed by atoms with E-state index in [1.54, 1.807) is 13.8 Å². The number of rotatable bonds is 7. The summed E-state index contributed by atoms with van der Waals surface area (Å²) >= 11 is 0. The molecular weight excluding hydrogens is 390 g/mol. The lowest BCUT2D eigenvalue weighted by Crippen LogP contribution is -2.37. The van der Waals surface area contributed by atoms with Gasteiger partial charge in [0.2, 0.25) is 15.8 Å². The summed E-state index contributed by atoms with van der Waals surface area (Å²) in [5.74, 6) is -0.942. The molecule has 1 aliphatic carbocycles. The lowest BCUT2D eigenvalue weighted by atomic mass is 9.86. The Morgan fingerprint density at radius 1 is 1.21 bits per heavy atom. The van der Waals surface area contributed by atoms with Gasteiger partial charge in [-0.3, -0.25) is 0 Å². The van der Waals surface area contributed by atoms with Crippen LogP contribution in [0.4, 0.5) is 14.8 Å². The van der Waals surface area contributed by atoms with E-state index in [4.69, 9.17) is 4.52 Å². The molecule has 1 fully saturated rings.